The van der Waals surface area contributed by atoms with E-state index in [0.717, 1.165) is 23.6 Å². The quantitative estimate of drug-likeness (QED) is 0.828. The molecule has 3 rings (SSSR count). The van der Waals surface area contributed by atoms with E-state index in [1.165, 1.54) is 0 Å². The van der Waals surface area contributed by atoms with Crippen LogP contribution >= 0.6 is 0 Å². The molecule has 0 saturated carbocycles. The van der Waals surface area contributed by atoms with Gasteiger partial charge >= 0.3 is 5.97 Å². The Morgan fingerprint density at radius 2 is 1.88 bits per heavy atom. The molecule has 2 aromatic rings. The molecule has 0 radical (unpaired) electrons. The minimum Gasteiger partial charge on any atom is -0.481 e. The molecule has 6 nitrogen and oxygen atoms in total. The molecule has 1 atom stereocenters. The van der Waals surface area contributed by atoms with E-state index in [4.69, 9.17) is 14.6 Å². The number of rotatable bonds is 6. The Morgan fingerprint density at radius 3 is 2.58 bits per heavy atom. The highest BCUT2D eigenvalue weighted by Gasteiger charge is 2.26. The van der Waals surface area contributed by atoms with Crippen LogP contribution in [-0.4, -0.2) is 36.8 Å². The van der Waals surface area contributed by atoms with E-state index in [1.54, 1.807) is 12.1 Å². The summed E-state index contributed by atoms with van der Waals surface area (Å²) in [6, 6.07) is 10.9. The van der Waals surface area contributed by atoms with E-state index in [1.807, 2.05) is 31.2 Å². The summed E-state index contributed by atoms with van der Waals surface area (Å²) < 4.78 is 10.7. The molecule has 26 heavy (non-hydrogen) atoms. The van der Waals surface area contributed by atoms with Crippen LogP contribution in [-0.2, 0) is 14.3 Å². The molecule has 0 bridgehead atoms. The predicted molar refractivity (Wildman–Crippen MR) is 98.4 cm³/mol. The Hall–Kier alpha value is -2.60. The van der Waals surface area contributed by atoms with Crippen molar-refractivity contribution in [1.29, 1.82) is 0 Å². The van der Waals surface area contributed by atoms with Crippen LogP contribution < -0.4 is 10.1 Å². The number of aliphatic carboxylic acids is 1. The number of nitrogens with one attached hydrogen (secondary N) is 1. The van der Waals surface area contributed by atoms with Crippen molar-refractivity contribution in [2.24, 2.45) is 11.8 Å². The third-order valence-corrected chi connectivity index (χ3v) is 4.88. The van der Waals surface area contributed by atoms with Crippen LogP contribution in [0.3, 0.4) is 0 Å². The smallest absolute Gasteiger partial charge is 0.341 e. The zero-order chi connectivity index (χ0) is 18.5. The predicted octanol–water partition coefficient (Wildman–Crippen LogP) is 3.30. The number of carbonyl (C=O) groups excluding carboxylic acids is 1. The number of hydrogen-bond acceptors (Lipinski definition) is 4. The molecule has 2 N–H and O–H groups in total. The highest BCUT2D eigenvalue weighted by molar-refractivity contribution is 6.04. The van der Waals surface area contributed by atoms with Crippen molar-refractivity contribution in [3.05, 3.63) is 36.4 Å². The number of fused-ring (bicyclic) bond motifs is 1. The highest BCUT2D eigenvalue weighted by Crippen LogP contribution is 2.32. The molecule has 1 aliphatic rings. The second-order valence-corrected chi connectivity index (χ2v) is 6.57. The second-order valence-electron chi connectivity index (χ2n) is 6.57. The molecule has 1 fully saturated rings. The fraction of sp³-hybridized carbons (Fsp3) is 0.400. The third kappa shape index (κ3) is 4.14. The average Bonchev–Trinajstić information content (AvgIpc) is 2.67. The van der Waals surface area contributed by atoms with E-state index in [9.17, 15) is 9.59 Å². The maximum Gasteiger partial charge on any atom is 0.341 e. The molecule has 6 heteroatoms. The van der Waals surface area contributed by atoms with Gasteiger partial charge in [-0.1, -0.05) is 31.2 Å². The first-order valence-corrected chi connectivity index (χ1v) is 8.81. The highest BCUT2D eigenvalue weighted by atomic mass is 16.5. The second kappa shape index (κ2) is 8.19. The van der Waals surface area contributed by atoms with Crippen molar-refractivity contribution in [2.45, 2.75) is 19.8 Å². The number of amides is 1. The lowest BCUT2D eigenvalue weighted by molar-refractivity contribution is -0.139. The Morgan fingerprint density at radius 1 is 1.19 bits per heavy atom. The van der Waals surface area contributed by atoms with Gasteiger partial charge in [0.05, 0.1) is 0 Å². The SMILES string of the molecule is CC(C(=O)Nc1ccc(OCC(=O)O)c2ccccc12)C1CCOCC1. The molecule has 0 aliphatic carbocycles. The Bertz CT molecular complexity index is 798. The van der Waals surface area contributed by atoms with Crippen LogP contribution in [0.2, 0.25) is 0 Å². The number of carbonyl (C=O) groups is 2. The summed E-state index contributed by atoms with van der Waals surface area (Å²) in [4.78, 5) is 23.4. The van der Waals surface area contributed by atoms with Gasteiger partial charge in [0.15, 0.2) is 6.61 Å². The summed E-state index contributed by atoms with van der Waals surface area (Å²) in [5.41, 5.74) is 0.701. The number of carboxylic acids is 1. The van der Waals surface area contributed by atoms with Gasteiger partial charge in [-0.25, -0.2) is 4.79 Å². The standard InChI is InChI=1S/C20H23NO5/c1-13(14-8-10-25-11-9-14)20(24)21-17-6-7-18(26-12-19(22)23)16-5-3-2-4-15(16)17/h2-7,13-14H,8-12H2,1H3,(H,21,24)(H,22,23). The van der Waals surface area contributed by atoms with E-state index in [-0.39, 0.29) is 11.8 Å². The van der Waals surface area contributed by atoms with Crippen LogP contribution in [0, 0.1) is 11.8 Å². The molecule has 1 unspecified atom stereocenters. The van der Waals surface area contributed by atoms with Crippen LogP contribution in [0.1, 0.15) is 19.8 Å². The summed E-state index contributed by atoms with van der Waals surface area (Å²) in [5.74, 6) is -0.328. The number of benzene rings is 2. The van der Waals surface area contributed by atoms with E-state index >= 15 is 0 Å². The monoisotopic (exact) mass is 357 g/mol. The van der Waals surface area contributed by atoms with Gasteiger partial charge in [-0.05, 0) is 30.9 Å². The zero-order valence-corrected chi connectivity index (χ0v) is 14.7. The molecular weight excluding hydrogens is 334 g/mol. The molecule has 1 aliphatic heterocycles. The third-order valence-electron chi connectivity index (χ3n) is 4.88. The number of carboxylic acid groups (broad SMARTS) is 1. The molecule has 1 saturated heterocycles. The van der Waals surface area contributed by atoms with E-state index in [0.29, 0.717) is 30.6 Å². The lowest BCUT2D eigenvalue weighted by Crippen LogP contribution is -2.31. The van der Waals surface area contributed by atoms with Gasteiger partial charge in [-0.3, -0.25) is 4.79 Å². The molecule has 138 valence electrons. The van der Waals surface area contributed by atoms with Gasteiger partial charge in [0.25, 0.3) is 0 Å². The first-order valence-electron chi connectivity index (χ1n) is 8.81. The topological polar surface area (TPSA) is 84.9 Å². The maximum absolute atomic E-state index is 12.7. The fourth-order valence-electron chi connectivity index (χ4n) is 3.32. The van der Waals surface area contributed by atoms with Gasteiger partial charge in [-0.2, -0.15) is 0 Å². The van der Waals surface area contributed by atoms with Crippen LogP contribution in [0.25, 0.3) is 10.8 Å². The normalized spacial score (nSPS) is 16.2. The average molecular weight is 357 g/mol. The number of anilines is 1. The summed E-state index contributed by atoms with van der Waals surface area (Å²) in [7, 11) is 0. The Labute approximate surface area is 152 Å². The van der Waals surface area contributed by atoms with Gasteiger partial charge in [0.1, 0.15) is 5.75 Å². The summed E-state index contributed by atoms with van der Waals surface area (Å²) in [6.45, 7) is 2.97. The zero-order valence-electron chi connectivity index (χ0n) is 14.7. The maximum atomic E-state index is 12.7. The van der Waals surface area contributed by atoms with Crippen molar-refractivity contribution in [3.8, 4) is 5.75 Å². The van der Waals surface area contributed by atoms with Gasteiger partial charge in [-0.15, -0.1) is 0 Å². The molecular formula is C20H23NO5. The van der Waals surface area contributed by atoms with Crippen molar-refractivity contribution < 1.29 is 24.2 Å². The minimum absolute atomic E-state index is 0.0127. The van der Waals surface area contributed by atoms with Crippen molar-refractivity contribution in [3.63, 3.8) is 0 Å². The van der Waals surface area contributed by atoms with Crippen molar-refractivity contribution in [1.82, 2.24) is 0 Å². The molecule has 2 aromatic carbocycles. The van der Waals surface area contributed by atoms with Crippen LogP contribution in [0.15, 0.2) is 36.4 Å². The van der Waals surface area contributed by atoms with Crippen molar-refractivity contribution >= 4 is 28.3 Å². The Kier molecular flexibility index (Phi) is 5.73. The molecule has 1 amide bonds. The van der Waals surface area contributed by atoms with E-state index in [2.05, 4.69) is 5.32 Å². The lowest BCUT2D eigenvalue weighted by Gasteiger charge is -2.27. The summed E-state index contributed by atoms with van der Waals surface area (Å²) in [6.07, 6.45) is 1.80. The Balaban J connectivity index is 1.80. The lowest BCUT2D eigenvalue weighted by atomic mass is 9.86. The minimum atomic E-state index is -1.03. The van der Waals surface area contributed by atoms with Gasteiger partial charge < -0.3 is 19.9 Å². The molecule has 0 aromatic heterocycles. The van der Waals surface area contributed by atoms with Crippen molar-refractivity contribution in [2.75, 3.05) is 25.1 Å². The summed E-state index contributed by atoms with van der Waals surface area (Å²) >= 11 is 0. The first-order chi connectivity index (χ1) is 12.6. The molecule has 1 heterocycles. The van der Waals surface area contributed by atoms with Crippen LogP contribution in [0.4, 0.5) is 5.69 Å². The van der Waals surface area contributed by atoms with Gasteiger partial charge in [0, 0.05) is 35.6 Å². The summed E-state index contributed by atoms with van der Waals surface area (Å²) in [5, 5.41) is 13.4. The largest absolute Gasteiger partial charge is 0.481 e. The first kappa shape index (κ1) is 18.2. The fourth-order valence-corrected chi connectivity index (χ4v) is 3.32. The van der Waals surface area contributed by atoms with Gasteiger partial charge in [0.2, 0.25) is 5.91 Å². The number of hydrogen-bond donors (Lipinski definition) is 2. The molecule has 0 spiro atoms. The number of ether oxygens (including phenoxy) is 2. The van der Waals surface area contributed by atoms with E-state index < -0.39 is 12.6 Å². The van der Waals surface area contributed by atoms with Crippen LogP contribution in [0.5, 0.6) is 5.75 Å².